The van der Waals surface area contributed by atoms with Gasteiger partial charge in [0.05, 0.1) is 18.9 Å². The van der Waals surface area contributed by atoms with Crippen LogP contribution in [-0.4, -0.2) is 32.0 Å². The first-order valence-corrected chi connectivity index (χ1v) is 7.89. The lowest BCUT2D eigenvalue weighted by Crippen LogP contribution is -2.24. The van der Waals surface area contributed by atoms with Gasteiger partial charge in [-0.15, -0.1) is 0 Å². The number of rotatable bonds is 7. The van der Waals surface area contributed by atoms with Crippen molar-refractivity contribution in [2.75, 3.05) is 32.3 Å². The van der Waals surface area contributed by atoms with Crippen LogP contribution in [0.1, 0.15) is 19.5 Å². The highest BCUT2D eigenvalue weighted by molar-refractivity contribution is 7.59. The van der Waals surface area contributed by atoms with Crippen LogP contribution in [0.25, 0.3) is 6.08 Å². The van der Waals surface area contributed by atoms with Gasteiger partial charge in [-0.2, -0.15) is 5.26 Å². The average Bonchev–Trinajstić information content (AvgIpc) is 2.84. The Labute approximate surface area is 119 Å². The molecule has 0 aliphatic carbocycles. The molecule has 0 saturated heterocycles. The highest BCUT2D eigenvalue weighted by atomic mass is 31.2. The summed E-state index contributed by atoms with van der Waals surface area (Å²) in [4.78, 5) is 0. The highest BCUT2D eigenvalue weighted by Gasteiger charge is 2.30. The van der Waals surface area contributed by atoms with Gasteiger partial charge in [0.2, 0.25) is 0 Å². The Morgan fingerprint density at radius 2 is 2.05 bits per heavy atom. The van der Waals surface area contributed by atoms with Gasteiger partial charge in [-0.05, 0) is 32.1 Å². The topological polar surface area (TPSA) is 67.5 Å². The van der Waals surface area contributed by atoms with E-state index in [0.717, 1.165) is 5.69 Å². The van der Waals surface area contributed by atoms with Crippen molar-refractivity contribution >= 4 is 13.7 Å². The molecule has 110 valence electrons. The van der Waals surface area contributed by atoms with E-state index < -0.39 is 7.60 Å². The smallest absolute Gasteiger partial charge is 0.319 e. The molecule has 20 heavy (non-hydrogen) atoms. The maximum Gasteiger partial charge on any atom is 0.371 e. The number of allylic oxidation sites excluding steroid dienone is 1. The number of hydrogen-bond acceptors (Lipinski definition) is 5. The average molecular weight is 297 g/mol. The van der Waals surface area contributed by atoms with E-state index in [0.29, 0.717) is 0 Å². The van der Waals surface area contributed by atoms with Crippen molar-refractivity contribution in [2.45, 2.75) is 13.8 Å². The molecule has 0 aromatic carbocycles. The summed E-state index contributed by atoms with van der Waals surface area (Å²) in [5.74, 6) is 0. The fourth-order valence-electron chi connectivity index (χ4n) is 1.69. The molecular formula is C13H20N3O3P. The van der Waals surface area contributed by atoms with Gasteiger partial charge in [0, 0.05) is 20.3 Å². The molecule has 0 bridgehead atoms. The van der Waals surface area contributed by atoms with Crippen molar-refractivity contribution in [3.63, 3.8) is 0 Å². The van der Waals surface area contributed by atoms with Crippen LogP contribution in [0.3, 0.4) is 0 Å². The number of nitriles is 1. The van der Waals surface area contributed by atoms with Crippen LogP contribution in [0.4, 0.5) is 0 Å². The number of hydrogen-bond donors (Lipinski definition) is 0. The first kappa shape index (κ1) is 16.5. The van der Waals surface area contributed by atoms with Crippen LogP contribution in [0.2, 0.25) is 0 Å². The quantitative estimate of drug-likeness (QED) is 0.572. The standard InChI is InChI=1S/C13H20N3O3P/c1-5-18-20(17,19-6-2)13(11-14)10-12-8-7-9-16(12)15(3)4/h7-10H,5-6H2,1-4H3/b13-10-. The minimum atomic E-state index is -3.55. The highest BCUT2D eigenvalue weighted by Crippen LogP contribution is 2.56. The van der Waals surface area contributed by atoms with Gasteiger partial charge in [-0.3, -0.25) is 9.24 Å². The van der Waals surface area contributed by atoms with Crippen LogP contribution in [-0.2, 0) is 13.6 Å². The summed E-state index contributed by atoms with van der Waals surface area (Å²) < 4.78 is 24.8. The minimum Gasteiger partial charge on any atom is -0.319 e. The molecule has 0 N–H and O–H groups in total. The van der Waals surface area contributed by atoms with Crippen LogP contribution in [0, 0.1) is 11.3 Å². The van der Waals surface area contributed by atoms with Crippen molar-refractivity contribution in [1.82, 2.24) is 4.68 Å². The third-order valence-corrected chi connectivity index (χ3v) is 4.50. The predicted octanol–water partition coefficient (Wildman–Crippen LogP) is 2.82. The molecule has 0 unspecified atom stereocenters. The van der Waals surface area contributed by atoms with Crippen LogP contribution in [0.5, 0.6) is 0 Å². The molecule has 0 amide bonds. The first-order chi connectivity index (χ1) is 9.48. The molecule has 0 saturated carbocycles. The fraction of sp³-hybridized carbons (Fsp3) is 0.462. The van der Waals surface area contributed by atoms with Gasteiger partial charge in [0.25, 0.3) is 0 Å². The number of aromatic nitrogens is 1. The molecule has 0 radical (unpaired) electrons. The van der Waals surface area contributed by atoms with Crippen LogP contribution in [0.15, 0.2) is 23.6 Å². The fourth-order valence-corrected chi connectivity index (χ4v) is 3.14. The molecule has 0 atom stereocenters. The van der Waals surface area contributed by atoms with Gasteiger partial charge >= 0.3 is 7.60 Å². The van der Waals surface area contributed by atoms with Crippen molar-refractivity contribution < 1.29 is 13.6 Å². The summed E-state index contributed by atoms with van der Waals surface area (Å²) in [6, 6.07) is 5.59. The lowest BCUT2D eigenvalue weighted by atomic mass is 10.4. The molecular weight excluding hydrogens is 277 g/mol. The summed E-state index contributed by atoms with van der Waals surface area (Å²) in [6.07, 6.45) is 3.37. The molecule has 1 rings (SSSR count). The zero-order valence-corrected chi connectivity index (χ0v) is 13.1. The summed E-state index contributed by atoms with van der Waals surface area (Å²) in [6.45, 7) is 3.85. The van der Waals surface area contributed by atoms with E-state index in [1.807, 2.05) is 48.2 Å². The Balaban J connectivity index is 3.23. The maximum atomic E-state index is 12.6. The molecule has 1 aromatic rings. The second-order valence-corrected chi connectivity index (χ2v) is 6.09. The van der Waals surface area contributed by atoms with E-state index in [-0.39, 0.29) is 18.5 Å². The second kappa shape index (κ2) is 7.30. The third-order valence-electron chi connectivity index (χ3n) is 2.48. The third kappa shape index (κ3) is 3.73. The Bertz CT molecular complexity index is 547. The van der Waals surface area contributed by atoms with Gasteiger partial charge in [-0.25, -0.2) is 0 Å². The van der Waals surface area contributed by atoms with E-state index in [1.165, 1.54) is 6.08 Å². The molecule has 0 fully saturated rings. The molecule has 0 spiro atoms. The molecule has 0 aliphatic heterocycles. The van der Waals surface area contributed by atoms with E-state index in [1.54, 1.807) is 13.8 Å². The first-order valence-electron chi connectivity index (χ1n) is 6.35. The Morgan fingerprint density at radius 1 is 1.45 bits per heavy atom. The predicted molar refractivity (Wildman–Crippen MR) is 78.9 cm³/mol. The summed E-state index contributed by atoms with van der Waals surface area (Å²) in [7, 11) is 0.186. The van der Waals surface area contributed by atoms with Gasteiger partial charge in [0.1, 0.15) is 11.4 Å². The lowest BCUT2D eigenvalue weighted by Gasteiger charge is -2.18. The second-order valence-electron chi connectivity index (χ2n) is 4.10. The Hall–Kier alpha value is -1.54. The Morgan fingerprint density at radius 3 is 2.50 bits per heavy atom. The normalized spacial score (nSPS) is 12.2. The number of nitrogens with zero attached hydrogens (tertiary/aromatic N) is 3. The Kier molecular flexibility index (Phi) is 6.03. The van der Waals surface area contributed by atoms with Crippen LogP contribution >= 0.6 is 7.60 Å². The minimum absolute atomic E-state index is 0.00278. The van der Waals surface area contributed by atoms with Crippen molar-refractivity contribution in [1.29, 1.82) is 5.26 Å². The van der Waals surface area contributed by atoms with E-state index in [2.05, 4.69) is 0 Å². The monoisotopic (exact) mass is 297 g/mol. The van der Waals surface area contributed by atoms with Gasteiger partial charge < -0.3 is 14.1 Å². The van der Waals surface area contributed by atoms with Gasteiger partial charge in [0.15, 0.2) is 0 Å². The van der Waals surface area contributed by atoms with E-state index in [4.69, 9.17) is 9.05 Å². The van der Waals surface area contributed by atoms with Crippen molar-refractivity contribution in [3.05, 3.63) is 29.3 Å². The summed E-state index contributed by atoms with van der Waals surface area (Å²) in [5, 5.41) is 11.1. The van der Waals surface area contributed by atoms with E-state index in [9.17, 15) is 9.83 Å². The zero-order valence-electron chi connectivity index (χ0n) is 12.2. The molecule has 0 aliphatic rings. The molecule has 6 nitrogen and oxygen atoms in total. The summed E-state index contributed by atoms with van der Waals surface area (Å²) >= 11 is 0. The van der Waals surface area contributed by atoms with Crippen molar-refractivity contribution in [2.24, 2.45) is 0 Å². The molecule has 7 heteroatoms. The maximum absolute atomic E-state index is 12.6. The van der Waals surface area contributed by atoms with Crippen molar-refractivity contribution in [3.8, 4) is 6.07 Å². The lowest BCUT2D eigenvalue weighted by molar-refractivity contribution is 0.227. The molecule has 1 aromatic heterocycles. The summed E-state index contributed by atoms with van der Waals surface area (Å²) in [5.41, 5.74) is 0.728. The zero-order chi connectivity index (χ0) is 15.2. The van der Waals surface area contributed by atoms with Gasteiger partial charge in [-0.1, -0.05) is 0 Å². The largest absolute Gasteiger partial charge is 0.371 e. The van der Waals surface area contributed by atoms with E-state index >= 15 is 0 Å². The molecule has 1 heterocycles. The SMILES string of the molecule is CCOP(=O)(OCC)/C(C#N)=C\c1cccn1N(C)C. The van der Waals surface area contributed by atoms with Crippen LogP contribution < -0.4 is 5.01 Å².